The Bertz CT molecular complexity index is 1100. The van der Waals surface area contributed by atoms with Gasteiger partial charge in [0.05, 0.1) is 7.11 Å². The van der Waals surface area contributed by atoms with E-state index in [4.69, 9.17) is 32.7 Å². The molecule has 0 unspecified atom stereocenters. The molecule has 0 fully saturated rings. The highest BCUT2D eigenvalue weighted by molar-refractivity contribution is 6.35. The Hall–Kier alpha value is -2.69. The maximum atomic E-state index is 6.22. The Balaban J connectivity index is 1.54. The topological polar surface area (TPSA) is 47.1 Å². The summed E-state index contributed by atoms with van der Waals surface area (Å²) in [7, 11) is 1.63. The number of ether oxygens (including phenoxy) is 2. The number of fused-ring (bicyclic) bond motifs is 1. The third kappa shape index (κ3) is 3.79. The zero-order valence-electron chi connectivity index (χ0n) is 15.2. The molecule has 0 aliphatic heterocycles. The Morgan fingerprint density at radius 3 is 2.61 bits per heavy atom. The van der Waals surface area contributed by atoms with Crippen LogP contribution in [0.2, 0.25) is 10.0 Å². The minimum absolute atomic E-state index is 0.266. The molecule has 0 aliphatic rings. The average molecular weight is 413 g/mol. The molecule has 0 amide bonds. The molecule has 4 nitrogen and oxygen atoms in total. The lowest BCUT2D eigenvalue weighted by Crippen LogP contribution is -2.00. The highest BCUT2D eigenvalue weighted by atomic mass is 35.5. The molecule has 0 saturated carbocycles. The van der Waals surface area contributed by atoms with Crippen LogP contribution in [-0.4, -0.2) is 17.1 Å². The van der Waals surface area contributed by atoms with Gasteiger partial charge in [-0.05, 0) is 53.9 Å². The van der Waals surface area contributed by atoms with E-state index in [-0.39, 0.29) is 6.61 Å². The molecular weight excluding hydrogens is 395 g/mol. The summed E-state index contributed by atoms with van der Waals surface area (Å²) in [6.07, 6.45) is 4.54. The fourth-order valence-corrected chi connectivity index (χ4v) is 3.65. The number of halogens is 2. The van der Waals surface area contributed by atoms with E-state index < -0.39 is 0 Å². The third-order valence-electron chi connectivity index (χ3n) is 4.59. The summed E-state index contributed by atoms with van der Waals surface area (Å²) >= 11 is 12.4. The number of hydrogen-bond donors (Lipinski definition) is 1. The summed E-state index contributed by atoms with van der Waals surface area (Å²) < 4.78 is 11.5. The molecule has 4 rings (SSSR count). The van der Waals surface area contributed by atoms with E-state index in [1.165, 1.54) is 5.56 Å². The standard InChI is InChI=1S/C22H18Cl2N2O2/c1-27-21-11-14(10-15-12-26-22-16(15)4-3-9-25-22)7-8-20(21)28-13-17-18(23)5-2-6-19(17)24/h2-9,11-12H,10,13H2,1H3,(H,25,26). The molecule has 142 valence electrons. The monoisotopic (exact) mass is 412 g/mol. The van der Waals surface area contributed by atoms with E-state index in [2.05, 4.69) is 16.0 Å². The smallest absolute Gasteiger partial charge is 0.161 e. The summed E-state index contributed by atoms with van der Waals surface area (Å²) in [5.41, 5.74) is 3.94. The van der Waals surface area contributed by atoms with Gasteiger partial charge in [-0.1, -0.05) is 35.3 Å². The first-order valence-electron chi connectivity index (χ1n) is 8.79. The SMILES string of the molecule is COc1cc(Cc2c[nH]c3ncccc23)ccc1OCc1c(Cl)cccc1Cl. The summed E-state index contributed by atoms with van der Waals surface area (Å²) in [4.78, 5) is 7.54. The number of nitrogens with one attached hydrogen (secondary N) is 1. The highest BCUT2D eigenvalue weighted by Gasteiger charge is 2.11. The van der Waals surface area contributed by atoms with Gasteiger partial charge >= 0.3 is 0 Å². The van der Waals surface area contributed by atoms with E-state index in [0.29, 0.717) is 21.5 Å². The van der Waals surface area contributed by atoms with Gasteiger partial charge in [0.2, 0.25) is 0 Å². The van der Waals surface area contributed by atoms with Gasteiger partial charge in [0.1, 0.15) is 12.3 Å². The molecule has 0 atom stereocenters. The second kappa shape index (κ2) is 8.13. The van der Waals surface area contributed by atoms with E-state index in [1.807, 2.05) is 36.5 Å². The quantitative estimate of drug-likeness (QED) is 0.419. The molecule has 0 radical (unpaired) electrons. The summed E-state index contributed by atoms with van der Waals surface area (Å²) in [5, 5.41) is 2.28. The summed E-state index contributed by atoms with van der Waals surface area (Å²) in [6, 6.07) is 15.3. The van der Waals surface area contributed by atoms with Crippen LogP contribution in [0.5, 0.6) is 11.5 Å². The van der Waals surface area contributed by atoms with E-state index in [1.54, 1.807) is 25.4 Å². The van der Waals surface area contributed by atoms with Crippen molar-refractivity contribution in [1.82, 2.24) is 9.97 Å². The lowest BCUT2D eigenvalue weighted by molar-refractivity contribution is 0.284. The maximum Gasteiger partial charge on any atom is 0.161 e. The molecule has 0 saturated heterocycles. The Kier molecular flexibility index (Phi) is 5.42. The lowest BCUT2D eigenvalue weighted by Gasteiger charge is -2.13. The number of methoxy groups -OCH3 is 1. The van der Waals surface area contributed by atoms with Gasteiger partial charge in [-0.3, -0.25) is 0 Å². The van der Waals surface area contributed by atoms with Crippen molar-refractivity contribution >= 4 is 34.2 Å². The molecule has 6 heteroatoms. The van der Waals surface area contributed by atoms with Crippen molar-refractivity contribution in [3.8, 4) is 11.5 Å². The second-order valence-electron chi connectivity index (χ2n) is 6.36. The fourth-order valence-electron chi connectivity index (χ4n) is 3.14. The van der Waals surface area contributed by atoms with Crippen LogP contribution in [0.1, 0.15) is 16.7 Å². The van der Waals surface area contributed by atoms with Gasteiger partial charge in [-0.15, -0.1) is 0 Å². The molecule has 2 heterocycles. The fraction of sp³-hybridized carbons (Fsp3) is 0.136. The second-order valence-corrected chi connectivity index (χ2v) is 7.18. The van der Waals surface area contributed by atoms with Crippen LogP contribution in [0.15, 0.2) is 60.9 Å². The van der Waals surface area contributed by atoms with E-state index >= 15 is 0 Å². The molecule has 28 heavy (non-hydrogen) atoms. The van der Waals surface area contributed by atoms with Crippen molar-refractivity contribution in [3.05, 3.63) is 87.7 Å². The highest BCUT2D eigenvalue weighted by Crippen LogP contribution is 2.32. The summed E-state index contributed by atoms with van der Waals surface area (Å²) in [5.74, 6) is 1.31. The van der Waals surface area contributed by atoms with Gasteiger partial charge in [0, 0.05) is 33.4 Å². The Labute approximate surface area is 173 Å². The minimum Gasteiger partial charge on any atom is -0.493 e. The number of aromatic nitrogens is 2. The maximum absolute atomic E-state index is 6.22. The predicted octanol–water partition coefficient (Wildman–Crippen LogP) is 6.05. The van der Waals surface area contributed by atoms with Crippen molar-refractivity contribution in [2.75, 3.05) is 7.11 Å². The number of H-pyrrole nitrogens is 1. The molecule has 2 aromatic heterocycles. The number of hydrogen-bond acceptors (Lipinski definition) is 3. The van der Waals surface area contributed by atoms with Crippen LogP contribution in [0.25, 0.3) is 11.0 Å². The van der Waals surface area contributed by atoms with Crippen LogP contribution >= 0.6 is 23.2 Å². The van der Waals surface area contributed by atoms with Gasteiger partial charge in [-0.25, -0.2) is 4.98 Å². The Morgan fingerprint density at radius 1 is 1.00 bits per heavy atom. The number of aromatic amines is 1. The minimum atomic E-state index is 0.266. The van der Waals surface area contributed by atoms with Crippen LogP contribution < -0.4 is 9.47 Å². The molecule has 4 aromatic rings. The zero-order chi connectivity index (χ0) is 19.5. The van der Waals surface area contributed by atoms with Gasteiger partial charge in [0.25, 0.3) is 0 Å². The molecule has 1 N–H and O–H groups in total. The van der Waals surface area contributed by atoms with Crippen molar-refractivity contribution < 1.29 is 9.47 Å². The normalized spacial score (nSPS) is 11.0. The molecule has 0 spiro atoms. The first kappa shape index (κ1) is 18.7. The lowest BCUT2D eigenvalue weighted by atomic mass is 10.0. The molecule has 0 aliphatic carbocycles. The van der Waals surface area contributed by atoms with Crippen LogP contribution in [0.4, 0.5) is 0 Å². The van der Waals surface area contributed by atoms with Gasteiger partial charge in [0.15, 0.2) is 11.5 Å². The van der Waals surface area contributed by atoms with Crippen molar-refractivity contribution in [2.45, 2.75) is 13.0 Å². The molecule has 2 aromatic carbocycles. The van der Waals surface area contributed by atoms with Crippen molar-refractivity contribution in [3.63, 3.8) is 0 Å². The number of nitrogens with zero attached hydrogens (tertiary/aromatic N) is 1. The number of rotatable bonds is 6. The largest absolute Gasteiger partial charge is 0.493 e. The first-order valence-corrected chi connectivity index (χ1v) is 9.55. The summed E-state index contributed by atoms with van der Waals surface area (Å²) in [6.45, 7) is 0.266. The van der Waals surface area contributed by atoms with Gasteiger partial charge in [-0.2, -0.15) is 0 Å². The third-order valence-corrected chi connectivity index (χ3v) is 5.30. The molecular formula is C22H18Cl2N2O2. The van der Waals surface area contributed by atoms with Crippen molar-refractivity contribution in [1.29, 1.82) is 0 Å². The van der Waals surface area contributed by atoms with Crippen molar-refractivity contribution in [2.24, 2.45) is 0 Å². The van der Waals surface area contributed by atoms with E-state index in [9.17, 15) is 0 Å². The average Bonchev–Trinajstić information content (AvgIpc) is 3.11. The number of pyridine rings is 1. The first-order chi connectivity index (χ1) is 13.7. The van der Waals surface area contributed by atoms with E-state index in [0.717, 1.165) is 28.6 Å². The van der Waals surface area contributed by atoms with Crippen LogP contribution in [-0.2, 0) is 13.0 Å². The number of benzene rings is 2. The predicted molar refractivity (Wildman–Crippen MR) is 113 cm³/mol. The molecule has 0 bridgehead atoms. The Morgan fingerprint density at radius 2 is 1.82 bits per heavy atom. The van der Waals surface area contributed by atoms with Crippen LogP contribution in [0.3, 0.4) is 0 Å². The zero-order valence-corrected chi connectivity index (χ0v) is 16.7. The van der Waals surface area contributed by atoms with Gasteiger partial charge < -0.3 is 14.5 Å². The van der Waals surface area contributed by atoms with Crippen LogP contribution in [0, 0.1) is 0 Å².